The molecule has 0 spiro atoms. The van der Waals surface area contributed by atoms with Gasteiger partial charge in [-0.1, -0.05) is 65.3 Å². The Labute approximate surface area is 169 Å². The van der Waals surface area contributed by atoms with Crippen molar-refractivity contribution in [1.29, 1.82) is 0 Å². The number of hydrogen-bond acceptors (Lipinski definition) is 6. The molecule has 0 fully saturated rings. The van der Waals surface area contributed by atoms with Crippen LogP contribution in [0.25, 0.3) is 11.4 Å². The van der Waals surface area contributed by atoms with Crippen LogP contribution in [0.5, 0.6) is 0 Å². The molecule has 29 heavy (non-hydrogen) atoms. The van der Waals surface area contributed by atoms with Crippen molar-refractivity contribution < 1.29 is 18.8 Å². The Kier molecular flexibility index (Phi) is 6.73. The number of rotatable bonds is 8. The lowest BCUT2D eigenvalue weighted by Crippen LogP contribution is -2.30. The molecule has 0 saturated heterocycles. The Bertz CT molecular complexity index is 952. The van der Waals surface area contributed by atoms with Crippen molar-refractivity contribution in [1.82, 2.24) is 15.0 Å². The summed E-state index contributed by atoms with van der Waals surface area (Å²) in [5.41, 5.74) is 3.00. The first-order valence-electron chi connectivity index (χ1n) is 9.34. The standard InChI is InChI=1S/C22H23N3O4/c1-16-8-10-18(11-9-16)22-23-19(29-24-22)12-13-21(27)28-15-20(26)25(2)14-17-6-4-3-5-7-17/h3-11H,12-15H2,1-2H3. The zero-order chi connectivity index (χ0) is 20.6. The van der Waals surface area contributed by atoms with Gasteiger partial charge in [0, 0.05) is 25.6 Å². The van der Waals surface area contributed by atoms with Crippen LogP contribution in [0.4, 0.5) is 0 Å². The zero-order valence-electron chi connectivity index (χ0n) is 16.5. The number of hydrogen-bond donors (Lipinski definition) is 0. The first-order valence-corrected chi connectivity index (χ1v) is 9.34. The topological polar surface area (TPSA) is 85.5 Å². The number of carbonyl (C=O) groups is 2. The van der Waals surface area contributed by atoms with E-state index in [-0.39, 0.29) is 25.4 Å². The Morgan fingerprint density at radius 1 is 1.07 bits per heavy atom. The van der Waals surface area contributed by atoms with E-state index in [1.54, 1.807) is 7.05 Å². The maximum atomic E-state index is 12.1. The number of carbonyl (C=O) groups excluding carboxylic acids is 2. The molecule has 2 aromatic carbocycles. The van der Waals surface area contributed by atoms with Crippen molar-refractivity contribution in [2.75, 3.05) is 13.7 Å². The third-order valence-corrected chi connectivity index (χ3v) is 4.37. The molecule has 0 atom stereocenters. The third-order valence-electron chi connectivity index (χ3n) is 4.37. The van der Waals surface area contributed by atoms with Crippen molar-refractivity contribution in [3.8, 4) is 11.4 Å². The summed E-state index contributed by atoms with van der Waals surface area (Å²) in [5, 5.41) is 3.93. The molecule has 0 aliphatic heterocycles. The fourth-order valence-electron chi connectivity index (χ4n) is 2.66. The molecule has 150 valence electrons. The molecule has 0 bridgehead atoms. The highest BCUT2D eigenvalue weighted by Gasteiger charge is 2.14. The van der Waals surface area contributed by atoms with Gasteiger partial charge in [-0.05, 0) is 12.5 Å². The fraction of sp³-hybridized carbons (Fsp3) is 0.273. The third kappa shape index (κ3) is 6.00. The predicted octanol–water partition coefficient (Wildman–Crippen LogP) is 3.18. The van der Waals surface area contributed by atoms with Crippen LogP contribution < -0.4 is 0 Å². The molecule has 3 aromatic rings. The summed E-state index contributed by atoms with van der Waals surface area (Å²) in [4.78, 5) is 29.9. The Hall–Kier alpha value is -3.48. The van der Waals surface area contributed by atoms with E-state index in [9.17, 15) is 9.59 Å². The van der Waals surface area contributed by atoms with Gasteiger partial charge >= 0.3 is 5.97 Å². The van der Waals surface area contributed by atoms with E-state index in [1.807, 2.05) is 61.5 Å². The summed E-state index contributed by atoms with van der Waals surface area (Å²) < 4.78 is 10.3. The smallest absolute Gasteiger partial charge is 0.306 e. The predicted molar refractivity (Wildman–Crippen MR) is 107 cm³/mol. The summed E-state index contributed by atoms with van der Waals surface area (Å²) in [6.07, 6.45) is 0.316. The van der Waals surface area contributed by atoms with E-state index >= 15 is 0 Å². The Morgan fingerprint density at radius 3 is 2.52 bits per heavy atom. The molecule has 0 aliphatic carbocycles. The molecule has 0 radical (unpaired) electrons. The summed E-state index contributed by atoms with van der Waals surface area (Å²) in [6.45, 7) is 2.17. The van der Waals surface area contributed by atoms with Gasteiger partial charge in [-0.15, -0.1) is 0 Å². The SMILES string of the molecule is Cc1ccc(-c2noc(CCC(=O)OCC(=O)N(C)Cc3ccccc3)n2)cc1. The number of nitrogens with zero attached hydrogens (tertiary/aromatic N) is 3. The number of ether oxygens (including phenoxy) is 1. The minimum absolute atomic E-state index is 0.0607. The molecule has 7 heteroatoms. The number of aromatic nitrogens is 2. The zero-order valence-corrected chi connectivity index (χ0v) is 16.5. The van der Waals surface area contributed by atoms with Crippen LogP contribution >= 0.6 is 0 Å². The van der Waals surface area contributed by atoms with Gasteiger partial charge in [0.05, 0.1) is 6.42 Å². The van der Waals surface area contributed by atoms with Gasteiger partial charge < -0.3 is 14.2 Å². The van der Waals surface area contributed by atoms with Crippen LogP contribution in [-0.4, -0.2) is 40.6 Å². The van der Waals surface area contributed by atoms with Crippen molar-refractivity contribution in [3.63, 3.8) is 0 Å². The van der Waals surface area contributed by atoms with E-state index in [1.165, 1.54) is 4.90 Å². The lowest BCUT2D eigenvalue weighted by molar-refractivity contribution is -0.151. The maximum absolute atomic E-state index is 12.1. The second kappa shape index (κ2) is 9.64. The highest BCUT2D eigenvalue weighted by atomic mass is 16.5. The molecule has 0 unspecified atom stereocenters. The average Bonchev–Trinajstić information content (AvgIpc) is 3.20. The van der Waals surface area contributed by atoms with E-state index in [4.69, 9.17) is 9.26 Å². The van der Waals surface area contributed by atoms with Gasteiger partial charge in [-0.2, -0.15) is 4.98 Å². The van der Waals surface area contributed by atoms with Gasteiger partial charge in [-0.3, -0.25) is 9.59 Å². The summed E-state index contributed by atoms with van der Waals surface area (Å²) >= 11 is 0. The molecule has 1 heterocycles. The van der Waals surface area contributed by atoms with Gasteiger partial charge in [0.25, 0.3) is 5.91 Å². The number of amides is 1. The van der Waals surface area contributed by atoms with Crippen molar-refractivity contribution in [2.45, 2.75) is 26.3 Å². The number of likely N-dealkylation sites (N-methyl/N-ethyl adjacent to an activating group) is 1. The van der Waals surface area contributed by atoms with Crippen LogP contribution in [-0.2, 0) is 27.3 Å². The summed E-state index contributed by atoms with van der Waals surface area (Å²) in [7, 11) is 1.67. The largest absolute Gasteiger partial charge is 0.456 e. The van der Waals surface area contributed by atoms with Crippen LogP contribution in [0.1, 0.15) is 23.4 Å². The molecule has 1 aromatic heterocycles. The molecule has 7 nitrogen and oxygen atoms in total. The molecular formula is C22H23N3O4. The quantitative estimate of drug-likeness (QED) is 0.547. The Balaban J connectivity index is 1.42. The van der Waals surface area contributed by atoms with Crippen molar-refractivity contribution in [2.24, 2.45) is 0 Å². The minimum atomic E-state index is -0.485. The molecule has 0 N–H and O–H groups in total. The molecule has 3 rings (SSSR count). The normalized spacial score (nSPS) is 10.6. The summed E-state index contributed by atoms with van der Waals surface area (Å²) in [5.74, 6) is 0.0827. The molecular weight excluding hydrogens is 370 g/mol. The number of esters is 1. The average molecular weight is 393 g/mol. The van der Waals surface area contributed by atoms with Crippen molar-refractivity contribution in [3.05, 3.63) is 71.6 Å². The highest BCUT2D eigenvalue weighted by Crippen LogP contribution is 2.16. The van der Waals surface area contributed by atoms with Crippen molar-refractivity contribution >= 4 is 11.9 Å². The highest BCUT2D eigenvalue weighted by molar-refractivity contribution is 5.80. The number of benzene rings is 2. The second-order valence-electron chi connectivity index (χ2n) is 6.77. The van der Waals surface area contributed by atoms with Gasteiger partial charge in [0.2, 0.25) is 11.7 Å². The minimum Gasteiger partial charge on any atom is -0.456 e. The molecule has 1 amide bonds. The number of aryl methyl sites for hydroxylation is 2. The van der Waals surface area contributed by atoms with Crippen LogP contribution in [0.2, 0.25) is 0 Å². The van der Waals surface area contributed by atoms with E-state index in [0.29, 0.717) is 18.3 Å². The van der Waals surface area contributed by atoms with Crippen LogP contribution in [0.15, 0.2) is 59.1 Å². The first-order chi connectivity index (χ1) is 14.0. The fourth-order valence-corrected chi connectivity index (χ4v) is 2.66. The summed E-state index contributed by atoms with van der Waals surface area (Å²) in [6, 6.07) is 17.4. The second-order valence-corrected chi connectivity index (χ2v) is 6.77. The van der Waals surface area contributed by atoms with E-state index in [0.717, 1.165) is 16.7 Å². The van der Waals surface area contributed by atoms with Gasteiger partial charge in [0.1, 0.15) is 0 Å². The first kappa shape index (κ1) is 20.3. The van der Waals surface area contributed by atoms with Gasteiger partial charge in [0.15, 0.2) is 6.61 Å². The van der Waals surface area contributed by atoms with Crippen LogP contribution in [0.3, 0.4) is 0 Å². The van der Waals surface area contributed by atoms with Gasteiger partial charge in [-0.25, -0.2) is 0 Å². The monoisotopic (exact) mass is 393 g/mol. The van der Waals surface area contributed by atoms with E-state index < -0.39 is 5.97 Å². The molecule has 0 aliphatic rings. The maximum Gasteiger partial charge on any atom is 0.306 e. The Morgan fingerprint density at radius 2 is 1.79 bits per heavy atom. The lowest BCUT2D eigenvalue weighted by atomic mass is 10.1. The molecule has 0 saturated carbocycles. The lowest BCUT2D eigenvalue weighted by Gasteiger charge is -2.17. The van der Waals surface area contributed by atoms with Crippen LogP contribution in [0, 0.1) is 6.92 Å². The van der Waals surface area contributed by atoms with E-state index in [2.05, 4.69) is 10.1 Å².